The lowest BCUT2D eigenvalue weighted by Gasteiger charge is -2.28. The second-order valence-electron chi connectivity index (χ2n) is 6.72. The minimum absolute atomic E-state index is 0.0309. The number of anilines is 2. The van der Waals surface area contributed by atoms with Gasteiger partial charge in [0, 0.05) is 42.5 Å². The molecule has 0 unspecified atom stereocenters. The lowest BCUT2D eigenvalue weighted by atomic mass is 10.1. The first-order chi connectivity index (χ1) is 14.3. The molecule has 0 aliphatic carbocycles. The molecular weight excluding hydrogens is 410 g/mol. The molecule has 0 spiro atoms. The molecule has 0 saturated carbocycles. The Morgan fingerprint density at radius 3 is 2.23 bits per heavy atom. The highest BCUT2D eigenvalue weighted by Gasteiger charge is 2.23. The number of non-ortho nitro benzene ring substituents is 1. The number of nitro benzene ring substituents is 2. The molecule has 0 atom stereocenters. The third-order valence-corrected chi connectivity index (χ3v) is 4.90. The van der Waals surface area contributed by atoms with Crippen LogP contribution in [0.3, 0.4) is 0 Å². The lowest BCUT2D eigenvalue weighted by Crippen LogP contribution is -2.34. The van der Waals surface area contributed by atoms with Crippen molar-refractivity contribution in [3.8, 4) is 0 Å². The van der Waals surface area contributed by atoms with Crippen LogP contribution < -0.4 is 15.5 Å². The summed E-state index contributed by atoms with van der Waals surface area (Å²) in [6.45, 7) is 1.49. The summed E-state index contributed by atoms with van der Waals surface area (Å²) in [4.78, 5) is 35.7. The van der Waals surface area contributed by atoms with Crippen LogP contribution in [0.25, 0.3) is 0 Å². The maximum Gasteiger partial charge on any atom is 0.293 e. The standard InChI is InChI=1S/C19H19N5O5S/c25-18(21-19(30)20-14-5-7-15(8-6-14)23(26)27)13-4-9-16(17(12-13)24(28)29)22-10-2-1-3-11-22/h4-9,12H,1-3,10-11H2,(H2,20,21,25,30). The molecule has 3 rings (SSSR count). The average Bonchev–Trinajstić information content (AvgIpc) is 2.74. The van der Waals surface area contributed by atoms with Gasteiger partial charge in [-0.3, -0.25) is 30.3 Å². The van der Waals surface area contributed by atoms with Crippen LogP contribution in [0.4, 0.5) is 22.7 Å². The monoisotopic (exact) mass is 429 g/mol. The maximum atomic E-state index is 12.5. The Hall–Kier alpha value is -3.60. The SMILES string of the molecule is O=C(NC(=S)Nc1ccc([N+](=O)[O-])cc1)c1ccc(N2CCCCC2)c([N+](=O)[O-])c1. The van der Waals surface area contributed by atoms with Gasteiger partial charge in [0.05, 0.1) is 9.85 Å². The van der Waals surface area contributed by atoms with Crippen molar-refractivity contribution in [3.63, 3.8) is 0 Å². The molecule has 10 nitrogen and oxygen atoms in total. The van der Waals surface area contributed by atoms with Crippen molar-refractivity contribution in [1.29, 1.82) is 0 Å². The topological polar surface area (TPSA) is 131 Å². The Balaban J connectivity index is 1.69. The summed E-state index contributed by atoms with van der Waals surface area (Å²) in [5.41, 5.74) is 0.867. The zero-order valence-electron chi connectivity index (χ0n) is 15.9. The van der Waals surface area contributed by atoms with E-state index in [9.17, 15) is 25.0 Å². The van der Waals surface area contributed by atoms with Gasteiger partial charge in [0.2, 0.25) is 0 Å². The van der Waals surface area contributed by atoms with Crippen LogP contribution in [-0.2, 0) is 0 Å². The number of nitrogens with zero attached hydrogens (tertiary/aromatic N) is 3. The van der Waals surface area contributed by atoms with Crippen molar-refractivity contribution < 1.29 is 14.6 Å². The highest BCUT2D eigenvalue weighted by molar-refractivity contribution is 7.80. The summed E-state index contributed by atoms with van der Waals surface area (Å²) in [5, 5.41) is 27.4. The molecule has 11 heteroatoms. The summed E-state index contributed by atoms with van der Waals surface area (Å²) in [5.74, 6) is -0.595. The first-order valence-corrected chi connectivity index (χ1v) is 9.66. The van der Waals surface area contributed by atoms with E-state index in [1.807, 2.05) is 4.90 Å². The quantitative estimate of drug-likeness (QED) is 0.419. The number of thiocarbonyl (C=S) groups is 1. The van der Waals surface area contributed by atoms with Crippen molar-refractivity contribution in [2.24, 2.45) is 0 Å². The molecule has 0 radical (unpaired) electrons. The van der Waals surface area contributed by atoms with Gasteiger partial charge in [-0.1, -0.05) is 0 Å². The molecule has 1 fully saturated rings. The Labute approximate surface area is 177 Å². The van der Waals surface area contributed by atoms with Crippen LogP contribution in [0, 0.1) is 20.2 Å². The molecule has 0 aromatic heterocycles. The minimum atomic E-state index is -0.595. The number of benzene rings is 2. The molecule has 2 aromatic carbocycles. The number of carbonyl (C=O) groups is 1. The number of nitrogens with one attached hydrogen (secondary N) is 2. The highest BCUT2D eigenvalue weighted by atomic mass is 32.1. The number of rotatable bonds is 5. The van der Waals surface area contributed by atoms with Gasteiger partial charge in [0.1, 0.15) is 5.69 Å². The van der Waals surface area contributed by atoms with Crippen LogP contribution in [0.15, 0.2) is 42.5 Å². The van der Waals surface area contributed by atoms with Crippen LogP contribution in [0.2, 0.25) is 0 Å². The van der Waals surface area contributed by atoms with Crippen molar-refractivity contribution in [3.05, 3.63) is 68.3 Å². The molecular formula is C19H19N5O5S. The van der Waals surface area contributed by atoms with E-state index >= 15 is 0 Å². The number of hydrogen-bond acceptors (Lipinski definition) is 7. The molecule has 2 N–H and O–H groups in total. The summed E-state index contributed by atoms with van der Waals surface area (Å²) in [7, 11) is 0. The van der Waals surface area contributed by atoms with Crippen molar-refractivity contribution in [2.45, 2.75) is 19.3 Å². The maximum absolute atomic E-state index is 12.5. The summed E-state index contributed by atoms with van der Waals surface area (Å²) >= 11 is 5.09. The van der Waals surface area contributed by atoms with Crippen molar-refractivity contribution in [2.75, 3.05) is 23.3 Å². The molecule has 30 heavy (non-hydrogen) atoms. The zero-order chi connectivity index (χ0) is 21.7. The fourth-order valence-electron chi connectivity index (χ4n) is 3.22. The van der Waals surface area contributed by atoms with Gasteiger partial charge >= 0.3 is 0 Å². The number of piperidine rings is 1. The summed E-state index contributed by atoms with van der Waals surface area (Å²) in [6, 6.07) is 9.87. The van der Waals surface area contributed by atoms with Gasteiger partial charge in [-0.05, 0) is 55.7 Å². The smallest absolute Gasteiger partial charge is 0.293 e. The van der Waals surface area contributed by atoms with E-state index in [4.69, 9.17) is 12.2 Å². The van der Waals surface area contributed by atoms with Crippen molar-refractivity contribution in [1.82, 2.24) is 5.32 Å². The first-order valence-electron chi connectivity index (χ1n) is 9.25. The third-order valence-electron chi connectivity index (χ3n) is 4.69. The molecule has 0 bridgehead atoms. The fraction of sp³-hybridized carbons (Fsp3) is 0.263. The highest BCUT2D eigenvalue weighted by Crippen LogP contribution is 2.31. The Morgan fingerprint density at radius 1 is 0.967 bits per heavy atom. The molecule has 1 aliphatic heterocycles. The molecule has 1 aliphatic rings. The predicted molar refractivity (Wildman–Crippen MR) is 116 cm³/mol. The number of amides is 1. The van der Waals surface area contributed by atoms with E-state index in [2.05, 4.69) is 10.6 Å². The van der Waals surface area contributed by atoms with Gasteiger partial charge in [-0.25, -0.2) is 0 Å². The molecule has 156 valence electrons. The van der Waals surface area contributed by atoms with Gasteiger partial charge < -0.3 is 10.2 Å². The summed E-state index contributed by atoms with van der Waals surface area (Å²) in [6.07, 6.45) is 3.05. The van der Waals surface area contributed by atoms with Crippen LogP contribution in [0.1, 0.15) is 29.6 Å². The van der Waals surface area contributed by atoms with E-state index in [1.165, 1.54) is 36.4 Å². The fourth-order valence-corrected chi connectivity index (χ4v) is 3.43. The van der Waals surface area contributed by atoms with Gasteiger partial charge in [0.15, 0.2) is 5.11 Å². The number of nitro groups is 2. The Morgan fingerprint density at radius 2 is 1.63 bits per heavy atom. The van der Waals surface area contributed by atoms with Gasteiger partial charge in [-0.15, -0.1) is 0 Å². The van der Waals surface area contributed by atoms with Gasteiger partial charge in [-0.2, -0.15) is 0 Å². The second kappa shape index (κ2) is 9.27. The number of hydrogen-bond donors (Lipinski definition) is 2. The second-order valence-corrected chi connectivity index (χ2v) is 7.13. The minimum Gasteiger partial charge on any atom is -0.366 e. The summed E-state index contributed by atoms with van der Waals surface area (Å²) < 4.78 is 0. The lowest BCUT2D eigenvalue weighted by molar-refractivity contribution is -0.384. The van der Waals surface area contributed by atoms with Crippen molar-refractivity contribution >= 4 is 46.0 Å². The number of carbonyl (C=O) groups excluding carboxylic acids is 1. The molecule has 2 aromatic rings. The predicted octanol–water partition coefficient (Wildman–Crippen LogP) is 3.62. The average molecular weight is 429 g/mol. The van der Waals surface area contributed by atoms with Gasteiger partial charge in [0.25, 0.3) is 17.3 Å². The van der Waals surface area contributed by atoms with Crippen LogP contribution >= 0.6 is 12.2 Å². The van der Waals surface area contributed by atoms with E-state index in [1.54, 1.807) is 6.07 Å². The normalized spacial score (nSPS) is 13.4. The van der Waals surface area contributed by atoms with E-state index in [0.29, 0.717) is 11.4 Å². The molecule has 1 saturated heterocycles. The van der Waals surface area contributed by atoms with E-state index in [-0.39, 0.29) is 22.1 Å². The Bertz CT molecular complexity index is 989. The molecule has 1 heterocycles. The Kier molecular flexibility index (Phi) is 6.52. The largest absolute Gasteiger partial charge is 0.366 e. The first kappa shape index (κ1) is 21.1. The van der Waals surface area contributed by atoms with Crippen LogP contribution in [0.5, 0.6) is 0 Å². The molecule has 1 amide bonds. The zero-order valence-corrected chi connectivity index (χ0v) is 16.7. The van der Waals surface area contributed by atoms with E-state index < -0.39 is 15.8 Å². The van der Waals surface area contributed by atoms with Crippen LogP contribution in [-0.4, -0.2) is 34.0 Å². The third kappa shape index (κ3) is 5.06. The van der Waals surface area contributed by atoms with E-state index in [0.717, 1.165) is 32.4 Å².